The second kappa shape index (κ2) is 26.9. The van der Waals surface area contributed by atoms with E-state index in [4.69, 9.17) is 5.73 Å². The number of nitrogens with one attached hydrogen (secondary N) is 11. The summed E-state index contributed by atoms with van der Waals surface area (Å²) in [6, 6.07) is 15.0. The Balaban J connectivity index is 0.856. The lowest BCUT2D eigenvalue weighted by molar-refractivity contribution is -0.117. The highest BCUT2D eigenvalue weighted by Crippen LogP contribution is 2.24. The van der Waals surface area contributed by atoms with Gasteiger partial charge in [-0.05, 0) is 48.5 Å². The van der Waals surface area contributed by atoms with Crippen LogP contribution >= 0.6 is 0 Å². The van der Waals surface area contributed by atoms with Crippen molar-refractivity contribution in [1.82, 2.24) is 62.5 Å². The number of hydrogen-bond acceptors (Lipinski definition) is 14. The van der Waals surface area contributed by atoms with Gasteiger partial charge in [0.1, 0.15) is 34.2 Å². The molecular formula is C61H66N22O11. The number of carbonyl (C=O) groups is 11. The first-order valence-corrected chi connectivity index (χ1v) is 28.9. The predicted octanol–water partition coefficient (Wildman–Crippen LogP) is 2.65. The van der Waals surface area contributed by atoms with Crippen LogP contribution in [0.3, 0.4) is 0 Å². The van der Waals surface area contributed by atoms with Gasteiger partial charge in [0.25, 0.3) is 53.2 Å². The van der Waals surface area contributed by atoms with Crippen molar-refractivity contribution in [3.63, 3.8) is 0 Å². The molecule has 0 fully saturated rings. The Bertz CT molecular complexity index is 4520. The molecule has 8 aromatic heterocycles. The molecule has 11 amide bonds. The zero-order valence-corrected chi connectivity index (χ0v) is 52.0. The maximum atomic E-state index is 13.8. The van der Waals surface area contributed by atoms with E-state index in [0.717, 1.165) is 0 Å². The van der Waals surface area contributed by atoms with Gasteiger partial charge in [0.2, 0.25) is 23.5 Å². The van der Waals surface area contributed by atoms with Crippen LogP contribution in [0, 0.1) is 0 Å². The Kier molecular flexibility index (Phi) is 18.4. The largest absolute Gasteiger partial charge is 0.349 e. The fourth-order valence-electron chi connectivity index (χ4n) is 10.4. The van der Waals surface area contributed by atoms with Crippen LogP contribution in [0.15, 0.2) is 116 Å². The number of carbonyl (C=O) groups excluding carboxylic acids is 11. The molecule has 0 unspecified atom stereocenters. The van der Waals surface area contributed by atoms with E-state index in [9.17, 15) is 52.7 Å². The number of benzene rings is 1. The third-order valence-corrected chi connectivity index (χ3v) is 15.0. The number of amides is 11. The zero-order valence-electron chi connectivity index (χ0n) is 52.0. The molecule has 486 valence electrons. The molecule has 10 rings (SSSR count). The molecule has 2 atom stereocenters. The van der Waals surface area contributed by atoms with Gasteiger partial charge < -0.3 is 101 Å². The van der Waals surface area contributed by atoms with Crippen molar-refractivity contribution in [1.29, 1.82) is 0 Å². The van der Waals surface area contributed by atoms with Crippen molar-refractivity contribution < 1.29 is 52.7 Å². The molecule has 0 saturated carbocycles. The quantitative estimate of drug-likeness (QED) is 0.118. The molecule has 1 aliphatic rings. The molecule has 0 radical (unpaired) electrons. The topological polar surface area (TPSA) is 411 Å². The fourth-order valence-corrected chi connectivity index (χ4v) is 10.4. The Morgan fingerprint density at radius 2 is 0.702 bits per heavy atom. The summed E-state index contributed by atoms with van der Waals surface area (Å²) in [6.07, 6.45) is 11.3. The maximum absolute atomic E-state index is 13.8. The van der Waals surface area contributed by atoms with Crippen molar-refractivity contribution in [3.05, 3.63) is 168 Å². The lowest BCUT2D eigenvalue weighted by Crippen LogP contribution is -2.45. The molecule has 13 N–H and O–H groups in total. The average Bonchev–Trinajstić information content (AvgIpc) is 2.10. The van der Waals surface area contributed by atoms with Crippen LogP contribution in [-0.4, -0.2) is 137 Å². The number of fused-ring (bicyclic) bond motifs is 16. The minimum atomic E-state index is -0.991. The summed E-state index contributed by atoms with van der Waals surface area (Å²) < 4.78 is 11.6. The van der Waals surface area contributed by atoms with Gasteiger partial charge in [-0.3, -0.25) is 52.7 Å². The van der Waals surface area contributed by atoms with E-state index in [2.05, 4.69) is 68.5 Å². The summed E-state index contributed by atoms with van der Waals surface area (Å²) in [5.41, 5.74) is 8.79. The van der Waals surface area contributed by atoms with Crippen molar-refractivity contribution >= 4 is 111 Å². The van der Waals surface area contributed by atoms with E-state index in [1.807, 2.05) is 0 Å². The normalized spacial score (nSPS) is 16.2. The Morgan fingerprint density at radius 3 is 1.05 bits per heavy atom. The molecule has 33 heteroatoms. The first kappa shape index (κ1) is 64.4. The summed E-state index contributed by atoms with van der Waals surface area (Å²) in [4.78, 5) is 158. The van der Waals surface area contributed by atoms with Gasteiger partial charge in [-0.2, -0.15) is 0 Å². The van der Waals surface area contributed by atoms with E-state index in [1.165, 1.54) is 130 Å². The van der Waals surface area contributed by atoms with Gasteiger partial charge in [-0.1, -0.05) is 18.2 Å². The van der Waals surface area contributed by atoms with Crippen LogP contribution in [0.2, 0.25) is 0 Å². The van der Waals surface area contributed by atoms with Gasteiger partial charge in [0.15, 0.2) is 11.6 Å². The highest BCUT2D eigenvalue weighted by atomic mass is 16.2. The van der Waals surface area contributed by atoms with Crippen molar-refractivity contribution in [2.45, 2.75) is 24.9 Å². The number of aromatic nitrogens is 10. The molecule has 1 aromatic carbocycles. The van der Waals surface area contributed by atoms with E-state index in [0.29, 0.717) is 0 Å². The minimum absolute atomic E-state index is 0.0139. The highest BCUT2D eigenvalue weighted by molar-refractivity contribution is 6.11. The third kappa shape index (κ3) is 14.9. The first-order valence-electron chi connectivity index (χ1n) is 28.9. The molecule has 9 heterocycles. The first-order chi connectivity index (χ1) is 44.7. The summed E-state index contributed by atoms with van der Waals surface area (Å²) in [6.45, 7) is -0.366. The number of anilines is 8. The SMILES string of the molecule is Cn1cc2cc1C(=O)NC[C@H](N)CC(=O)Nc1cn(C)c(n1)C(=O)Nc1cc(n(C)c1)C(=O)Nc1cc(n(C)c1)C(=O)Nc1cc(n(C)c1)C(=O)NC[C@H](NC(=O)c1ccccc1)CC(=O)Nc1cn(C)c(n1)C(=O)Nc1cc(n(C)c1)C(=O)Nc1cc(n(C)c1)C(=O)N2. The second-order valence-corrected chi connectivity index (χ2v) is 22.4. The van der Waals surface area contributed by atoms with Gasteiger partial charge in [0, 0.05) is 143 Å². The van der Waals surface area contributed by atoms with Crippen LogP contribution in [-0.2, 0) is 66.0 Å². The predicted molar refractivity (Wildman–Crippen MR) is 343 cm³/mol. The van der Waals surface area contributed by atoms with Crippen molar-refractivity contribution in [3.8, 4) is 0 Å². The molecule has 33 nitrogen and oxygen atoms in total. The van der Waals surface area contributed by atoms with E-state index >= 15 is 0 Å². The van der Waals surface area contributed by atoms with Crippen LogP contribution in [0.4, 0.5) is 45.8 Å². The Hall–Kier alpha value is -12.6. The summed E-state index contributed by atoms with van der Waals surface area (Å²) in [7, 11) is 12.6. The number of nitrogens with two attached hydrogens (primary N) is 1. The second-order valence-electron chi connectivity index (χ2n) is 22.4. The van der Waals surface area contributed by atoms with E-state index in [-0.39, 0.29) is 123 Å². The lowest BCUT2D eigenvalue weighted by atomic mass is 10.1. The van der Waals surface area contributed by atoms with E-state index < -0.39 is 77.1 Å². The Morgan fingerprint density at radius 1 is 0.394 bits per heavy atom. The molecular weight excluding hydrogens is 1220 g/mol. The summed E-state index contributed by atoms with van der Waals surface area (Å²) in [5.74, 6) is -6.79. The monoisotopic (exact) mass is 1280 g/mol. The third-order valence-electron chi connectivity index (χ3n) is 15.0. The molecule has 9 aromatic rings. The molecule has 1 aliphatic heterocycles. The molecule has 0 spiro atoms. The zero-order chi connectivity index (χ0) is 67.4. The number of hydrogen-bond donors (Lipinski definition) is 12. The smallest absolute Gasteiger partial charge is 0.291 e. The summed E-state index contributed by atoms with van der Waals surface area (Å²) >= 11 is 0. The number of rotatable bonds is 2. The standard InChI is InChI=1S/C61H66N22O11/c1-76-24-35-15-41(76)54(87)63-22-33(62)14-49(84)72-47-30-82(7)51(74-47)60(93)70-39-19-45(80(5)28-39)58(91)69-38-18-44(79(4)27-38)57(90)67-36-16-42(77(2)25-36)55(88)64-23-34(65-53(86)32-12-10-9-11-13-32)21-50(85)73-48-31-83(8)52(75-48)61(94)71-40-20-46(81(6)29-40)59(92)68-37-17-43(56(89)66-35)78(3)26-37/h9-13,15-20,24-31,33-34H,14,21-23,62H2,1-8H3,(H,63,87)(H,64,88)(H,65,86)(H,66,89)(H,67,90)(H,68,92)(H,69,91)(H,70,93)(H,71,94)(H,72,84)(H,73,85)/t33-,34-/m1/s1. The van der Waals surface area contributed by atoms with Gasteiger partial charge in [-0.25, -0.2) is 9.97 Å². The molecule has 16 bridgehead atoms. The molecule has 0 saturated heterocycles. The van der Waals surface area contributed by atoms with Crippen LogP contribution < -0.4 is 64.2 Å². The van der Waals surface area contributed by atoms with Crippen LogP contribution in [0.5, 0.6) is 0 Å². The average molecular weight is 1280 g/mol. The van der Waals surface area contributed by atoms with Gasteiger partial charge in [-0.15, -0.1) is 0 Å². The lowest BCUT2D eigenvalue weighted by Gasteiger charge is -2.19. The van der Waals surface area contributed by atoms with Crippen molar-refractivity contribution in [2.75, 3.05) is 55.6 Å². The fraction of sp³-hybridized carbons (Fsp3) is 0.230. The highest BCUT2D eigenvalue weighted by Gasteiger charge is 2.27. The van der Waals surface area contributed by atoms with Crippen molar-refractivity contribution in [2.24, 2.45) is 62.1 Å². The van der Waals surface area contributed by atoms with Gasteiger partial charge in [0.05, 0.1) is 40.2 Å². The maximum Gasteiger partial charge on any atom is 0.291 e. The number of aryl methyl sites for hydroxylation is 8. The minimum Gasteiger partial charge on any atom is -0.349 e. The van der Waals surface area contributed by atoms with E-state index in [1.54, 1.807) is 79.7 Å². The molecule has 0 aliphatic carbocycles. The number of nitrogens with zero attached hydrogens (tertiary/aromatic N) is 10. The summed E-state index contributed by atoms with van der Waals surface area (Å²) in [5, 5.41) is 30.0. The van der Waals surface area contributed by atoms with Crippen LogP contribution in [0.25, 0.3) is 0 Å². The molecule has 94 heavy (non-hydrogen) atoms. The Labute approximate surface area is 534 Å². The number of imidazole rings is 2. The van der Waals surface area contributed by atoms with Gasteiger partial charge >= 0.3 is 0 Å². The van der Waals surface area contributed by atoms with Crippen LogP contribution in [0.1, 0.15) is 107 Å².